The standard InChI is InChI=1S/C11H16FNS/c1-11(2,12)6-7-14-10-5-3-4-9(13)8-10/h3-5,8H,6-7,13H2,1-2H3. The summed E-state index contributed by atoms with van der Waals surface area (Å²) in [5.41, 5.74) is 5.31. The van der Waals surface area contributed by atoms with Crippen LogP contribution in [-0.2, 0) is 0 Å². The Bertz CT molecular complexity index is 294. The summed E-state index contributed by atoms with van der Waals surface area (Å²) < 4.78 is 13.1. The molecular weight excluding hydrogens is 197 g/mol. The van der Waals surface area contributed by atoms with Crippen LogP contribution >= 0.6 is 11.8 Å². The van der Waals surface area contributed by atoms with Gasteiger partial charge in [-0.25, -0.2) is 4.39 Å². The van der Waals surface area contributed by atoms with Gasteiger partial charge in [-0.2, -0.15) is 0 Å². The minimum absolute atomic E-state index is 0.562. The van der Waals surface area contributed by atoms with Crippen LogP contribution in [0.4, 0.5) is 10.1 Å². The highest BCUT2D eigenvalue weighted by Crippen LogP contribution is 2.24. The van der Waals surface area contributed by atoms with Gasteiger partial charge in [0.05, 0.1) is 0 Å². The smallest absolute Gasteiger partial charge is 0.106 e. The Labute approximate surface area is 88.9 Å². The molecule has 1 rings (SSSR count). The summed E-state index contributed by atoms with van der Waals surface area (Å²) in [4.78, 5) is 1.11. The first-order valence-corrected chi connectivity index (χ1v) is 5.63. The fourth-order valence-electron chi connectivity index (χ4n) is 1.02. The van der Waals surface area contributed by atoms with Gasteiger partial charge in [0.2, 0.25) is 0 Å². The average Bonchev–Trinajstić information content (AvgIpc) is 2.01. The molecule has 0 bridgehead atoms. The first kappa shape index (κ1) is 11.4. The maximum absolute atomic E-state index is 13.1. The van der Waals surface area contributed by atoms with Crippen LogP contribution in [-0.4, -0.2) is 11.4 Å². The third-order valence-electron chi connectivity index (χ3n) is 1.82. The van der Waals surface area contributed by atoms with Gasteiger partial charge in [-0.3, -0.25) is 0 Å². The van der Waals surface area contributed by atoms with Gasteiger partial charge in [0.15, 0.2) is 0 Å². The van der Waals surface area contributed by atoms with Crippen molar-refractivity contribution in [2.75, 3.05) is 11.5 Å². The quantitative estimate of drug-likeness (QED) is 0.612. The van der Waals surface area contributed by atoms with Crippen molar-refractivity contribution in [2.24, 2.45) is 0 Å². The summed E-state index contributed by atoms with van der Waals surface area (Å²) >= 11 is 1.64. The molecule has 0 aromatic heterocycles. The van der Waals surface area contributed by atoms with E-state index in [-0.39, 0.29) is 0 Å². The highest BCUT2D eigenvalue weighted by atomic mass is 32.2. The Morgan fingerprint density at radius 3 is 2.71 bits per heavy atom. The lowest BCUT2D eigenvalue weighted by atomic mass is 10.1. The number of thioether (sulfide) groups is 1. The van der Waals surface area contributed by atoms with Gasteiger partial charge in [-0.1, -0.05) is 6.07 Å². The number of nitrogens with two attached hydrogens (primary N) is 1. The molecule has 3 heteroatoms. The van der Waals surface area contributed by atoms with Crippen LogP contribution in [0.25, 0.3) is 0 Å². The van der Waals surface area contributed by atoms with Crippen molar-refractivity contribution in [1.29, 1.82) is 0 Å². The zero-order valence-corrected chi connectivity index (χ0v) is 9.40. The molecule has 0 fully saturated rings. The van der Waals surface area contributed by atoms with Crippen LogP contribution in [0.15, 0.2) is 29.2 Å². The van der Waals surface area contributed by atoms with E-state index in [4.69, 9.17) is 5.73 Å². The van der Waals surface area contributed by atoms with Gasteiger partial charge in [0, 0.05) is 16.3 Å². The Hall–Kier alpha value is -0.700. The highest BCUT2D eigenvalue weighted by Gasteiger charge is 2.14. The summed E-state index contributed by atoms with van der Waals surface area (Å²) in [6, 6.07) is 7.67. The van der Waals surface area contributed by atoms with Gasteiger partial charge < -0.3 is 5.73 Å². The van der Waals surface area contributed by atoms with Crippen LogP contribution in [0.5, 0.6) is 0 Å². The van der Waals surface area contributed by atoms with Gasteiger partial charge in [-0.05, 0) is 38.5 Å². The van der Waals surface area contributed by atoms with Gasteiger partial charge in [0.1, 0.15) is 5.67 Å². The zero-order valence-electron chi connectivity index (χ0n) is 8.59. The first-order chi connectivity index (χ1) is 6.47. The van der Waals surface area contributed by atoms with Crippen molar-refractivity contribution >= 4 is 17.4 Å². The molecule has 2 N–H and O–H groups in total. The third kappa shape index (κ3) is 4.51. The van der Waals surface area contributed by atoms with E-state index in [2.05, 4.69) is 0 Å². The van der Waals surface area contributed by atoms with Crippen molar-refractivity contribution in [1.82, 2.24) is 0 Å². The first-order valence-electron chi connectivity index (χ1n) is 4.65. The molecule has 78 valence electrons. The van der Waals surface area contributed by atoms with Crippen molar-refractivity contribution in [3.63, 3.8) is 0 Å². The number of benzene rings is 1. The number of rotatable bonds is 4. The van der Waals surface area contributed by atoms with E-state index in [1.54, 1.807) is 25.6 Å². The largest absolute Gasteiger partial charge is 0.399 e. The summed E-state index contributed by atoms with van der Waals surface area (Å²) in [5.74, 6) is 0.785. The van der Waals surface area contributed by atoms with E-state index in [1.807, 2.05) is 24.3 Å². The minimum atomic E-state index is -1.08. The van der Waals surface area contributed by atoms with E-state index in [0.717, 1.165) is 16.3 Å². The highest BCUT2D eigenvalue weighted by molar-refractivity contribution is 7.99. The molecule has 0 amide bonds. The second-order valence-corrected chi connectivity index (χ2v) is 5.06. The van der Waals surface area contributed by atoms with E-state index in [0.29, 0.717) is 6.42 Å². The van der Waals surface area contributed by atoms with Crippen LogP contribution < -0.4 is 5.73 Å². The molecule has 1 nitrogen and oxygen atoms in total. The second kappa shape index (κ2) is 4.69. The zero-order chi connectivity index (χ0) is 10.6. The predicted octanol–water partition coefficient (Wildman–Crippen LogP) is 3.50. The number of hydrogen-bond donors (Lipinski definition) is 1. The van der Waals surface area contributed by atoms with E-state index in [1.165, 1.54) is 0 Å². The van der Waals surface area contributed by atoms with Crippen LogP contribution in [0.1, 0.15) is 20.3 Å². The molecule has 0 aliphatic carbocycles. The normalized spacial score (nSPS) is 11.6. The fourth-order valence-corrected chi connectivity index (χ4v) is 2.23. The molecule has 0 aliphatic rings. The summed E-state index contributed by atoms with van der Waals surface area (Å²) in [5, 5.41) is 0. The Kier molecular flexibility index (Phi) is 3.81. The number of anilines is 1. The van der Waals surface area contributed by atoms with Gasteiger partial charge in [0.25, 0.3) is 0 Å². The molecule has 14 heavy (non-hydrogen) atoms. The lowest BCUT2D eigenvalue weighted by molar-refractivity contribution is 0.212. The SMILES string of the molecule is CC(C)(F)CCSc1cccc(N)c1. The lowest BCUT2D eigenvalue weighted by Gasteiger charge is -2.12. The predicted molar refractivity (Wildman–Crippen MR) is 61.4 cm³/mol. The third-order valence-corrected chi connectivity index (χ3v) is 2.82. The summed E-state index contributed by atoms with van der Waals surface area (Å²) in [6.45, 7) is 3.21. The van der Waals surface area contributed by atoms with Gasteiger partial charge >= 0.3 is 0 Å². The number of alkyl halides is 1. The van der Waals surface area contributed by atoms with Crippen molar-refractivity contribution in [3.05, 3.63) is 24.3 Å². The molecule has 0 heterocycles. The number of nitrogen functional groups attached to an aromatic ring is 1. The summed E-state index contributed by atoms with van der Waals surface area (Å²) in [7, 11) is 0. The summed E-state index contributed by atoms with van der Waals surface area (Å²) in [6.07, 6.45) is 0.562. The molecule has 0 unspecified atom stereocenters. The number of hydrogen-bond acceptors (Lipinski definition) is 2. The minimum Gasteiger partial charge on any atom is -0.399 e. The van der Waals surface area contributed by atoms with Crippen LogP contribution in [0, 0.1) is 0 Å². The van der Waals surface area contributed by atoms with Crippen LogP contribution in [0.2, 0.25) is 0 Å². The van der Waals surface area contributed by atoms with Crippen LogP contribution in [0.3, 0.4) is 0 Å². The monoisotopic (exact) mass is 213 g/mol. The molecule has 0 spiro atoms. The van der Waals surface area contributed by atoms with E-state index < -0.39 is 5.67 Å². The topological polar surface area (TPSA) is 26.0 Å². The molecule has 0 radical (unpaired) electrons. The molecule has 1 aromatic carbocycles. The molecular formula is C11H16FNS. The molecule has 0 aliphatic heterocycles. The Morgan fingerprint density at radius 1 is 1.43 bits per heavy atom. The van der Waals surface area contributed by atoms with Crippen molar-refractivity contribution in [3.8, 4) is 0 Å². The molecule has 1 aromatic rings. The van der Waals surface area contributed by atoms with E-state index in [9.17, 15) is 4.39 Å². The lowest BCUT2D eigenvalue weighted by Crippen LogP contribution is -2.12. The Morgan fingerprint density at radius 2 is 2.14 bits per heavy atom. The second-order valence-electron chi connectivity index (χ2n) is 3.89. The molecule has 0 saturated carbocycles. The van der Waals surface area contributed by atoms with Crippen molar-refractivity contribution in [2.45, 2.75) is 30.8 Å². The Balaban J connectivity index is 2.39. The number of halogens is 1. The maximum Gasteiger partial charge on any atom is 0.106 e. The molecule has 0 atom stereocenters. The maximum atomic E-state index is 13.1. The molecule has 0 saturated heterocycles. The average molecular weight is 213 g/mol. The van der Waals surface area contributed by atoms with Gasteiger partial charge in [-0.15, -0.1) is 11.8 Å². The van der Waals surface area contributed by atoms with Crippen molar-refractivity contribution < 1.29 is 4.39 Å². The fraction of sp³-hybridized carbons (Fsp3) is 0.455. The van der Waals surface area contributed by atoms with E-state index >= 15 is 0 Å².